The van der Waals surface area contributed by atoms with Crippen molar-refractivity contribution in [3.8, 4) is 0 Å². The van der Waals surface area contributed by atoms with E-state index in [1.54, 1.807) is 11.9 Å². The van der Waals surface area contributed by atoms with E-state index in [0.717, 1.165) is 6.42 Å². The maximum Gasteiger partial charge on any atom is 0.276 e. The number of nitro groups is 1. The molecule has 21 heavy (non-hydrogen) atoms. The molecule has 2 N–H and O–H groups in total. The second-order valence-corrected chi connectivity index (χ2v) is 4.54. The topological polar surface area (TPSA) is 100 Å². The van der Waals surface area contributed by atoms with Crippen LogP contribution in [0.5, 0.6) is 0 Å². The van der Waals surface area contributed by atoms with Gasteiger partial charge in [-0.3, -0.25) is 14.9 Å². The average Bonchev–Trinajstić information content (AvgIpc) is 2.49. The number of likely N-dealkylation sites (N-methyl/N-ethyl adjacent to an activating group) is 1. The van der Waals surface area contributed by atoms with Crippen LogP contribution in [0, 0.1) is 10.1 Å². The fraction of sp³-hybridized carbons (Fsp3) is 0.538. The number of aromatic nitrogens is 1. The lowest BCUT2D eigenvalue weighted by molar-refractivity contribution is -0.384. The molecule has 0 unspecified atom stereocenters. The zero-order chi connectivity index (χ0) is 15.8. The lowest BCUT2D eigenvalue weighted by Crippen LogP contribution is -2.32. The van der Waals surface area contributed by atoms with Gasteiger partial charge in [0.25, 0.3) is 5.69 Å². The molecule has 0 bridgehead atoms. The van der Waals surface area contributed by atoms with Crippen LogP contribution in [-0.2, 0) is 4.79 Å². The van der Waals surface area contributed by atoms with Crippen molar-refractivity contribution in [2.45, 2.75) is 20.3 Å². The summed E-state index contributed by atoms with van der Waals surface area (Å²) in [5.74, 6) is 0.624. The highest BCUT2D eigenvalue weighted by molar-refractivity contribution is 5.80. The van der Waals surface area contributed by atoms with Crippen LogP contribution in [0.2, 0.25) is 0 Å². The number of pyridine rings is 1. The molecule has 0 radical (unpaired) electrons. The zero-order valence-corrected chi connectivity index (χ0v) is 12.5. The molecule has 0 saturated carbocycles. The van der Waals surface area contributed by atoms with Gasteiger partial charge in [-0.1, -0.05) is 6.92 Å². The summed E-state index contributed by atoms with van der Waals surface area (Å²) in [5, 5.41) is 16.7. The molecule has 1 aromatic rings. The van der Waals surface area contributed by atoms with Crippen LogP contribution in [-0.4, -0.2) is 47.4 Å². The van der Waals surface area contributed by atoms with Gasteiger partial charge in [0.05, 0.1) is 23.6 Å². The summed E-state index contributed by atoms with van der Waals surface area (Å²) in [7, 11) is 1.69. The normalized spacial score (nSPS) is 10.0. The average molecular weight is 295 g/mol. The van der Waals surface area contributed by atoms with E-state index in [-0.39, 0.29) is 18.1 Å². The standard InChI is InChI=1S/C13H21N5O3/c1-4-6-14-11-7-10(18(20)21)8-12(16-11)15-9-13(19)17(3)5-2/h7-8H,4-6,9H2,1-3H3,(H2,14,15,16). The first-order valence-corrected chi connectivity index (χ1v) is 6.86. The molecule has 8 nitrogen and oxygen atoms in total. The van der Waals surface area contributed by atoms with Crippen molar-refractivity contribution in [1.29, 1.82) is 0 Å². The second kappa shape index (κ2) is 8.03. The number of rotatable bonds is 8. The van der Waals surface area contributed by atoms with Crippen LogP contribution in [0.1, 0.15) is 20.3 Å². The Labute approximate surface area is 123 Å². The molecule has 1 heterocycles. The maximum atomic E-state index is 11.7. The van der Waals surface area contributed by atoms with Crippen LogP contribution < -0.4 is 10.6 Å². The van der Waals surface area contributed by atoms with Crippen molar-refractivity contribution in [3.05, 3.63) is 22.2 Å². The monoisotopic (exact) mass is 295 g/mol. The number of anilines is 2. The minimum atomic E-state index is -0.482. The highest BCUT2D eigenvalue weighted by Crippen LogP contribution is 2.20. The van der Waals surface area contributed by atoms with Crippen LogP contribution in [0.15, 0.2) is 12.1 Å². The SMILES string of the molecule is CCCNc1cc([N+](=O)[O-])cc(NCC(=O)N(C)CC)n1. The van der Waals surface area contributed by atoms with E-state index in [1.807, 2.05) is 13.8 Å². The first kappa shape index (κ1) is 16.7. The molecule has 116 valence electrons. The van der Waals surface area contributed by atoms with E-state index in [1.165, 1.54) is 12.1 Å². The summed E-state index contributed by atoms with van der Waals surface area (Å²) in [6, 6.07) is 2.69. The number of hydrogen-bond acceptors (Lipinski definition) is 6. The van der Waals surface area contributed by atoms with Crippen molar-refractivity contribution in [2.75, 3.05) is 37.3 Å². The second-order valence-electron chi connectivity index (χ2n) is 4.54. The van der Waals surface area contributed by atoms with E-state index < -0.39 is 4.92 Å². The minimum absolute atomic E-state index is 0.0473. The van der Waals surface area contributed by atoms with Crippen LogP contribution in [0.4, 0.5) is 17.3 Å². The number of amides is 1. The lowest BCUT2D eigenvalue weighted by Gasteiger charge is -2.15. The maximum absolute atomic E-state index is 11.7. The Balaban J connectivity index is 2.82. The Morgan fingerprint density at radius 1 is 1.33 bits per heavy atom. The Bertz CT molecular complexity index is 507. The van der Waals surface area contributed by atoms with E-state index in [2.05, 4.69) is 15.6 Å². The molecule has 1 amide bonds. The van der Waals surface area contributed by atoms with E-state index in [4.69, 9.17) is 0 Å². The number of carbonyl (C=O) groups is 1. The van der Waals surface area contributed by atoms with Crippen LogP contribution in [0.3, 0.4) is 0 Å². The van der Waals surface area contributed by atoms with E-state index in [9.17, 15) is 14.9 Å². The van der Waals surface area contributed by atoms with Gasteiger partial charge in [0.15, 0.2) is 0 Å². The molecule has 0 fully saturated rings. The third-order valence-corrected chi connectivity index (χ3v) is 2.90. The summed E-state index contributed by atoms with van der Waals surface area (Å²) in [4.78, 5) is 27.9. The van der Waals surface area contributed by atoms with Gasteiger partial charge in [-0.15, -0.1) is 0 Å². The van der Waals surface area contributed by atoms with Crippen molar-refractivity contribution < 1.29 is 9.72 Å². The van der Waals surface area contributed by atoms with Crippen molar-refractivity contribution in [3.63, 3.8) is 0 Å². The molecule has 1 rings (SSSR count). The first-order valence-electron chi connectivity index (χ1n) is 6.86. The highest BCUT2D eigenvalue weighted by atomic mass is 16.6. The molecule has 0 aromatic carbocycles. The smallest absolute Gasteiger partial charge is 0.276 e. The van der Waals surface area contributed by atoms with Gasteiger partial charge in [0, 0.05) is 20.1 Å². The van der Waals surface area contributed by atoms with Gasteiger partial charge >= 0.3 is 0 Å². The number of carbonyl (C=O) groups excluding carboxylic acids is 1. The molecule has 0 aliphatic heterocycles. The molecule has 1 aromatic heterocycles. The Morgan fingerprint density at radius 3 is 2.48 bits per heavy atom. The molecular formula is C13H21N5O3. The van der Waals surface area contributed by atoms with Crippen LogP contribution >= 0.6 is 0 Å². The van der Waals surface area contributed by atoms with Gasteiger partial charge in [-0.25, -0.2) is 4.98 Å². The summed E-state index contributed by atoms with van der Waals surface area (Å²) in [6.07, 6.45) is 0.882. The van der Waals surface area contributed by atoms with Gasteiger partial charge in [-0.05, 0) is 13.3 Å². The molecule has 0 aliphatic carbocycles. The molecule has 0 aliphatic rings. The molecule has 8 heteroatoms. The van der Waals surface area contributed by atoms with Gasteiger partial charge in [-0.2, -0.15) is 0 Å². The van der Waals surface area contributed by atoms with Crippen molar-refractivity contribution in [2.24, 2.45) is 0 Å². The Kier molecular flexibility index (Phi) is 6.38. The van der Waals surface area contributed by atoms with Crippen molar-refractivity contribution in [1.82, 2.24) is 9.88 Å². The zero-order valence-electron chi connectivity index (χ0n) is 12.5. The Morgan fingerprint density at radius 2 is 1.95 bits per heavy atom. The third-order valence-electron chi connectivity index (χ3n) is 2.90. The number of nitrogens with one attached hydrogen (secondary N) is 2. The first-order chi connectivity index (χ1) is 9.97. The quantitative estimate of drug-likeness (QED) is 0.559. The van der Waals surface area contributed by atoms with Gasteiger partial charge < -0.3 is 15.5 Å². The van der Waals surface area contributed by atoms with E-state index >= 15 is 0 Å². The molecular weight excluding hydrogens is 274 g/mol. The molecule has 0 saturated heterocycles. The lowest BCUT2D eigenvalue weighted by atomic mass is 10.3. The Hall–Kier alpha value is -2.38. The molecule has 0 spiro atoms. The minimum Gasteiger partial charge on any atom is -0.370 e. The number of hydrogen-bond donors (Lipinski definition) is 2. The third kappa shape index (κ3) is 5.25. The summed E-state index contributed by atoms with van der Waals surface area (Å²) in [6.45, 7) is 5.18. The summed E-state index contributed by atoms with van der Waals surface area (Å²) < 4.78 is 0. The van der Waals surface area contributed by atoms with Gasteiger partial charge in [0.2, 0.25) is 5.91 Å². The van der Waals surface area contributed by atoms with Crippen molar-refractivity contribution >= 4 is 23.2 Å². The van der Waals surface area contributed by atoms with E-state index in [0.29, 0.717) is 24.7 Å². The largest absolute Gasteiger partial charge is 0.370 e. The predicted molar refractivity (Wildman–Crippen MR) is 81.5 cm³/mol. The fourth-order valence-corrected chi connectivity index (χ4v) is 1.53. The van der Waals surface area contributed by atoms with Crippen LogP contribution in [0.25, 0.3) is 0 Å². The summed E-state index contributed by atoms with van der Waals surface area (Å²) in [5.41, 5.74) is -0.0672. The molecule has 0 atom stereocenters. The van der Waals surface area contributed by atoms with Gasteiger partial charge in [0.1, 0.15) is 11.6 Å². The highest BCUT2D eigenvalue weighted by Gasteiger charge is 2.12. The fourth-order valence-electron chi connectivity index (χ4n) is 1.53. The summed E-state index contributed by atoms with van der Waals surface area (Å²) >= 11 is 0. The number of nitrogens with zero attached hydrogens (tertiary/aromatic N) is 3. The predicted octanol–water partition coefficient (Wildman–Crippen LogP) is 1.70.